The summed E-state index contributed by atoms with van der Waals surface area (Å²) in [5.41, 5.74) is 2.76. The molecule has 2 unspecified atom stereocenters. The van der Waals surface area contributed by atoms with Crippen LogP contribution in [-0.2, 0) is 24.3 Å². The fraction of sp³-hybridized carbons (Fsp3) is 0.606. The van der Waals surface area contributed by atoms with Crippen molar-refractivity contribution in [2.45, 2.75) is 58.8 Å². The molecule has 0 radical (unpaired) electrons. The molecule has 3 fully saturated rings. The summed E-state index contributed by atoms with van der Waals surface area (Å²) in [5.74, 6) is -0.137. The van der Waals surface area contributed by atoms with Crippen molar-refractivity contribution >= 4 is 45.1 Å². The van der Waals surface area contributed by atoms with E-state index in [1.54, 1.807) is 36.9 Å². The second-order valence-electron chi connectivity index (χ2n) is 13.0. The van der Waals surface area contributed by atoms with E-state index >= 15 is 0 Å². The zero-order valence-electron chi connectivity index (χ0n) is 27.5. The van der Waals surface area contributed by atoms with E-state index in [0.717, 1.165) is 37.3 Å². The van der Waals surface area contributed by atoms with Crippen molar-refractivity contribution < 1.29 is 27.5 Å². The first-order valence-electron chi connectivity index (χ1n) is 16.2. The first-order chi connectivity index (χ1) is 21.8. The highest BCUT2D eigenvalue weighted by Gasteiger charge is 2.45. The van der Waals surface area contributed by atoms with Gasteiger partial charge in [0.2, 0.25) is 21.8 Å². The number of nitrogens with one attached hydrogen (secondary N) is 1. The Balaban J connectivity index is 1.19. The number of aromatic nitrogens is 1. The van der Waals surface area contributed by atoms with E-state index in [4.69, 9.17) is 16.3 Å². The van der Waals surface area contributed by atoms with Crippen LogP contribution in [0.4, 0.5) is 5.69 Å². The molecule has 3 saturated heterocycles. The van der Waals surface area contributed by atoms with Gasteiger partial charge in [0.15, 0.2) is 0 Å². The number of hydrogen-bond donors (Lipinski definition) is 1. The number of esters is 1. The van der Waals surface area contributed by atoms with E-state index in [0.29, 0.717) is 61.8 Å². The topological polar surface area (TPSA) is 123 Å². The Kier molecular flexibility index (Phi) is 10.5. The fourth-order valence-electron chi connectivity index (χ4n) is 7.31. The summed E-state index contributed by atoms with van der Waals surface area (Å²) in [5, 5.41) is 0.621. The number of rotatable bonds is 10. The van der Waals surface area contributed by atoms with Gasteiger partial charge in [-0.05, 0) is 83.0 Å². The summed E-state index contributed by atoms with van der Waals surface area (Å²) in [6.45, 7) is 13.7. The number of ether oxygens (including phenoxy) is 1. The number of carbonyl (C=O) groups excluding carboxylic acids is 3. The molecule has 2 aromatic rings. The third-order valence-corrected chi connectivity index (χ3v) is 12.4. The summed E-state index contributed by atoms with van der Waals surface area (Å²) in [4.78, 5) is 47.1. The second-order valence-corrected chi connectivity index (χ2v) is 15.2. The van der Waals surface area contributed by atoms with E-state index in [-0.39, 0.29) is 46.8 Å². The van der Waals surface area contributed by atoms with Crippen LogP contribution in [0.5, 0.6) is 0 Å². The Labute approximate surface area is 277 Å². The summed E-state index contributed by atoms with van der Waals surface area (Å²) >= 11 is 6.46. The van der Waals surface area contributed by atoms with Crippen LogP contribution in [-0.4, -0.2) is 104 Å². The van der Waals surface area contributed by atoms with Crippen molar-refractivity contribution in [1.29, 1.82) is 0 Å². The Bertz CT molecular complexity index is 1570. The summed E-state index contributed by atoms with van der Waals surface area (Å²) in [6.07, 6.45) is 2.06. The molecule has 1 aromatic heterocycles. The highest BCUT2D eigenvalue weighted by atomic mass is 35.5. The summed E-state index contributed by atoms with van der Waals surface area (Å²) in [7, 11) is -3.78. The number of benzene rings is 1. The lowest BCUT2D eigenvalue weighted by atomic mass is 9.94. The molecule has 252 valence electrons. The summed E-state index contributed by atoms with van der Waals surface area (Å²) in [6, 6.07) is 5.74. The highest BCUT2D eigenvalue weighted by Crippen LogP contribution is 2.36. The van der Waals surface area contributed by atoms with Gasteiger partial charge in [0.25, 0.3) is 0 Å². The van der Waals surface area contributed by atoms with Crippen LogP contribution in [0, 0.1) is 38.5 Å². The van der Waals surface area contributed by atoms with Crippen molar-refractivity contribution in [1.82, 2.24) is 19.1 Å². The largest absolute Gasteiger partial charge is 0.461 e. The average Bonchev–Trinajstić information content (AvgIpc) is 3.68. The molecule has 0 bridgehead atoms. The maximum atomic E-state index is 13.8. The fourth-order valence-corrected chi connectivity index (χ4v) is 9.45. The van der Waals surface area contributed by atoms with Gasteiger partial charge >= 0.3 is 5.97 Å². The number of aromatic amines is 1. The molecular weight excluding hydrogens is 630 g/mol. The SMILES string of the molecule is CCOC(=O)c1[nH]c(C)c(S(=O)(=O)N2CC3CN(CCCN(C(=O)C4CCN(C(C)=O)CC4)c4ccc(C)c(Cl)c4)CC3C2)c1C. The number of hydrogen-bond acceptors (Lipinski definition) is 7. The number of halogens is 1. The zero-order valence-corrected chi connectivity index (χ0v) is 29.0. The molecule has 0 spiro atoms. The molecule has 46 heavy (non-hydrogen) atoms. The van der Waals surface area contributed by atoms with Gasteiger partial charge in [0.1, 0.15) is 10.6 Å². The van der Waals surface area contributed by atoms with Crippen molar-refractivity contribution in [2.24, 2.45) is 17.8 Å². The molecule has 0 aliphatic carbocycles. The second kappa shape index (κ2) is 14.0. The number of aryl methyl sites for hydroxylation is 2. The smallest absolute Gasteiger partial charge is 0.355 e. The number of anilines is 1. The Morgan fingerprint density at radius 1 is 1.04 bits per heavy atom. The quantitative estimate of drug-likeness (QED) is 0.378. The van der Waals surface area contributed by atoms with Crippen LogP contribution in [0.15, 0.2) is 23.1 Å². The van der Waals surface area contributed by atoms with Crippen LogP contribution in [0.25, 0.3) is 0 Å². The highest BCUT2D eigenvalue weighted by molar-refractivity contribution is 7.89. The predicted molar refractivity (Wildman–Crippen MR) is 177 cm³/mol. The van der Waals surface area contributed by atoms with Gasteiger partial charge in [-0.2, -0.15) is 4.31 Å². The Morgan fingerprint density at radius 3 is 2.28 bits per heavy atom. The molecule has 2 atom stereocenters. The van der Waals surface area contributed by atoms with Crippen molar-refractivity contribution in [3.63, 3.8) is 0 Å². The minimum absolute atomic E-state index is 0.0435. The van der Waals surface area contributed by atoms with Crippen LogP contribution in [0.3, 0.4) is 0 Å². The lowest BCUT2D eigenvalue weighted by molar-refractivity contribution is -0.133. The molecule has 11 nitrogen and oxygen atoms in total. The van der Waals surface area contributed by atoms with Crippen molar-refractivity contribution in [3.05, 3.63) is 45.7 Å². The minimum atomic E-state index is -3.78. The van der Waals surface area contributed by atoms with Crippen LogP contribution in [0.1, 0.15) is 60.4 Å². The number of nitrogens with zero attached hydrogens (tertiary/aromatic N) is 4. The lowest BCUT2D eigenvalue weighted by Crippen LogP contribution is -2.44. The Morgan fingerprint density at radius 2 is 1.70 bits per heavy atom. The number of carbonyl (C=O) groups is 3. The maximum Gasteiger partial charge on any atom is 0.355 e. The number of sulfonamides is 1. The van der Waals surface area contributed by atoms with Gasteiger partial charge in [-0.3, -0.25) is 9.59 Å². The Hall–Kier alpha value is -2.93. The summed E-state index contributed by atoms with van der Waals surface area (Å²) < 4.78 is 34.1. The predicted octanol–water partition coefficient (Wildman–Crippen LogP) is 4.00. The molecule has 3 aliphatic rings. The zero-order chi connectivity index (χ0) is 33.3. The number of fused-ring (bicyclic) bond motifs is 1. The maximum absolute atomic E-state index is 13.8. The number of likely N-dealkylation sites (tertiary alicyclic amines) is 2. The van der Waals surface area contributed by atoms with E-state index in [1.165, 1.54) is 0 Å². The number of H-pyrrole nitrogens is 1. The van der Waals surface area contributed by atoms with Crippen molar-refractivity contribution in [2.75, 3.05) is 63.9 Å². The number of amides is 2. The third kappa shape index (κ3) is 7.00. The lowest BCUT2D eigenvalue weighted by Gasteiger charge is -2.34. The molecule has 0 saturated carbocycles. The standard InChI is InChI=1S/C33H46ClN5O6S/c1-6-45-33(42)30-22(3)31(23(4)35-30)46(43,44)38-19-26-17-36(18-27(26)20-38)12-7-13-39(28-9-8-21(2)29(34)16-28)32(41)25-10-14-37(15-11-25)24(5)40/h8-9,16,25-27,35H,6-7,10-15,17-20H2,1-5H3. The average molecular weight is 676 g/mol. The molecule has 1 aromatic carbocycles. The van der Waals surface area contributed by atoms with Crippen LogP contribution >= 0.6 is 11.6 Å². The normalized spacial score (nSPS) is 21.0. The van der Waals surface area contributed by atoms with Crippen LogP contribution in [0.2, 0.25) is 5.02 Å². The molecule has 2 amide bonds. The third-order valence-electron chi connectivity index (χ3n) is 9.85. The van der Waals surface area contributed by atoms with E-state index in [2.05, 4.69) is 9.88 Å². The van der Waals surface area contributed by atoms with E-state index in [1.807, 2.05) is 30.0 Å². The van der Waals surface area contributed by atoms with Gasteiger partial charge < -0.3 is 24.4 Å². The monoisotopic (exact) mass is 675 g/mol. The van der Waals surface area contributed by atoms with Gasteiger partial charge in [-0.15, -0.1) is 0 Å². The minimum Gasteiger partial charge on any atom is -0.461 e. The molecule has 5 rings (SSSR count). The number of piperidine rings is 1. The van der Waals surface area contributed by atoms with E-state index in [9.17, 15) is 22.8 Å². The molecule has 3 aliphatic heterocycles. The van der Waals surface area contributed by atoms with Gasteiger partial charge in [-0.1, -0.05) is 17.7 Å². The molecular formula is C33H46ClN5O6S. The molecule has 4 heterocycles. The molecule has 13 heteroatoms. The molecule has 1 N–H and O–H groups in total. The first kappa shape index (κ1) is 34.4. The van der Waals surface area contributed by atoms with Crippen molar-refractivity contribution in [3.8, 4) is 0 Å². The van der Waals surface area contributed by atoms with Gasteiger partial charge in [0.05, 0.1) is 6.61 Å². The van der Waals surface area contributed by atoms with E-state index < -0.39 is 16.0 Å². The van der Waals surface area contributed by atoms with Gasteiger partial charge in [0, 0.05) is 80.6 Å². The first-order valence-corrected chi connectivity index (χ1v) is 18.0. The van der Waals surface area contributed by atoms with Crippen LogP contribution < -0.4 is 4.90 Å². The van der Waals surface area contributed by atoms with Gasteiger partial charge in [-0.25, -0.2) is 13.2 Å².